The zero-order valence-corrected chi connectivity index (χ0v) is 10.9. The van der Waals surface area contributed by atoms with Crippen molar-refractivity contribution in [1.29, 1.82) is 0 Å². The quantitative estimate of drug-likeness (QED) is 0.854. The summed E-state index contributed by atoms with van der Waals surface area (Å²) in [5.41, 5.74) is 0.734. The van der Waals surface area contributed by atoms with Crippen molar-refractivity contribution in [1.82, 2.24) is 9.97 Å². The van der Waals surface area contributed by atoms with Gasteiger partial charge in [-0.25, -0.2) is 0 Å². The van der Waals surface area contributed by atoms with Crippen molar-refractivity contribution < 1.29 is 4.79 Å². The van der Waals surface area contributed by atoms with Crippen molar-refractivity contribution in [3.05, 3.63) is 74.7 Å². The Morgan fingerprint density at radius 2 is 1.90 bits per heavy atom. The highest BCUT2D eigenvalue weighted by atomic mass is 16.1. The molecule has 0 amide bonds. The molecule has 3 heterocycles. The normalized spacial score (nSPS) is 17.6. The van der Waals surface area contributed by atoms with Gasteiger partial charge in [0.2, 0.25) is 11.1 Å². The zero-order chi connectivity index (χ0) is 14.8. The van der Waals surface area contributed by atoms with Gasteiger partial charge in [-0.05, 0) is 17.7 Å². The number of nitrogens with zero attached hydrogens (tertiary/aromatic N) is 1. The maximum atomic E-state index is 12.6. The Morgan fingerprint density at radius 1 is 1.05 bits per heavy atom. The smallest absolute Gasteiger partial charge is 0.248 e. The second kappa shape index (κ2) is 5.16. The van der Waals surface area contributed by atoms with Crippen LogP contribution in [0.4, 0.5) is 0 Å². The number of carbonyl (C=O) groups is 1. The minimum absolute atomic E-state index is 0.211. The van der Waals surface area contributed by atoms with Crippen LogP contribution in [0.2, 0.25) is 0 Å². The van der Waals surface area contributed by atoms with E-state index in [1.807, 2.05) is 0 Å². The number of hydrogen-bond acceptors (Lipinski definition) is 4. The molecule has 2 aromatic rings. The van der Waals surface area contributed by atoms with E-state index in [9.17, 15) is 14.4 Å². The Bertz CT molecular complexity index is 874. The molecule has 6 heteroatoms. The van der Waals surface area contributed by atoms with Crippen LogP contribution in [0.25, 0.3) is 5.57 Å². The average Bonchev–Trinajstić information content (AvgIpc) is 2.47. The van der Waals surface area contributed by atoms with Gasteiger partial charge in [0.05, 0.1) is 17.2 Å². The molecule has 0 bridgehead atoms. The molecule has 104 valence electrons. The van der Waals surface area contributed by atoms with Crippen molar-refractivity contribution in [3.63, 3.8) is 0 Å². The maximum absolute atomic E-state index is 12.6. The van der Waals surface area contributed by atoms with Gasteiger partial charge in [-0.2, -0.15) is 0 Å². The third-order valence-corrected chi connectivity index (χ3v) is 3.20. The summed E-state index contributed by atoms with van der Waals surface area (Å²) in [4.78, 5) is 44.4. The number of aromatic amines is 2. The molecule has 2 N–H and O–H groups in total. The lowest BCUT2D eigenvalue weighted by Crippen LogP contribution is -2.21. The number of ketones is 1. The molecule has 0 fully saturated rings. The summed E-state index contributed by atoms with van der Waals surface area (Å²) in [6.07, 6.45) is 4.39. The number of carbonyl (C=O) groups excluding carboxylic acids is 1. The zero-order valence-electron chi connectivity index (χ0n) is 10.9. The molecule has 0 spiro atoms. The molecule has 0 saturated heterocycles. The van der Waals surface area contributed by atoms with Crippen LogP contribution in [0.5, 0.6) is 0 Å². The van der Waals surface area contributed by atoms with Gasteiger partial charge >= 0.3 is 0 Å². The lowest BCUT2D eigenvalue weighted by Gasteiger charge is -2.16. The minimum atomic E-state index is -0.629. The second-order valence-corrected chi connectivity index (χ2v) is 4.60. The van der Waals surface area contributed by atoms with Crippen LogP contribution in [0.15, 0.2) is 57.3 Å². The van der Waals surface area contributed by atoms with Crippen LogP contribution >= 0.6 is 0 Å². The summed E-state index contributed by atoms with van der Waals surface area (Å²) in [5, 5.41) is 0. The van der Waals surface area contributed by atoms with Gasteiger partial charge in [0.1, 0.15) is 0 Å². The molecule has 1 aliphatic heterocycles. The number of rotatable bonds is 2. The van der Waals surface area contributed by atoms with E-state index in [-0.39, 0.29) is 16.9 Å². The van der Waals surface area contributed by atoms with Crippen LogP contribution < -0.4 is 11.1 Å². The highest BCUT2D eigenvalue weighted by Gasteiger charge is 2.26. The average molecular weight is 281 g/mol. The summed E-state index contributed by atoms with van der Waals surface area (Å²) in [7, 11) is 0. The van der Waals surface area contributed by atoms with Crippen LogP contribution in [0, 0.1) is 0 Å². The maximum Gasteiger partial charge on any atom is 0.248 e. The van der Waals surface area contributed by atoms with E-state index in [4.69, 9.17) is 0 Å². The lowest BCUT2D eigenvalue weighted by molar-refractivity contribution is -0.113. The third-order valence-electron chi connectivity index (χ3n) is 3.20. The summed E-state index contributed by atoms with van der Waals surface area (Å²) >= 11 is 0. The molecule has 0 aliphatic carbocycles. The molecular weight excluding hydrogens is 270 g/mol. The van der Waals surface area contributed by atoms with Gasteiger partial charge in [-0.3, -0.25) is 19.4 Å². The van der Waals surface area contributed by atoms with Crippen LogP contribution in [-0.4, -0.2) is 22.0 Å². The number of Topliss-reactive ketones (excluding diaryl/α,β-unsaturated/α-hetero) is 1. The van der Waals surface area contributed by atoms with E-state index in [0.29, 0.717) is 16.8 Å². The van der Waals surface area contributed by atoms with Crippen molar-refractivity contribution in [2.45, 2.75) is 5.92 Å². The molecular formula is C15H11N3O3. The number of hydrogen-bond donors (Lipinski definition) is 2. The first kappa shape index (κ1) is 13.0. The number of pyridine rings is 2. The molecule has 3 rings (SSSR count). The summed E-state index contributed by atoms with van der Waals surface area (Å²) < 4.78 is 0. The third kappa shape index (κ3) is 2.51. The van der Waals surface area contributed by atoms with Crippen molar-refractivity contribution in [3.8, 4) is 0 Å². The van der Waals surface area contributed by atoms with Crippen LogP contribution in [0.1, 0.15) is 17.2 Å². The lowest BCUT2D eigenvalue weighted by atomic mass is 9.89. The first-order valence-electron chi connectivity index (χ1n) is 6.31. The first-order chi connectivity index (χ1) is 10.1. The first-order valence-corrected chi connectivity index (χ1v) is 6.31. The molecule has 21 heavy (non-hydrogen) atoms. The summed E-state index contributed by atoms with van der Waals surface area (Å²) in [6.45, 7) is 0. The van der Waals surface area contributed by atoms with Gasteiger partial charge in [0.15, 0.2) is 5.78 Å². The molecule has 1 aliphatic rings. The fraction of sp³-hybridized carbons (Fsp3) is 0.0667. The molecule has 0 aromatic carbocycles. The van der Waals surface area contributed by atoms with Gasteiger partial charge in [0.25, 0.3) is 0 Å². The summed E-state index contributed by atoms with van der Waals surface area (Å²) in [6, 6.07) is 7.61. The molecule has 1 atom stereocenters. The van der Waals surface area contributed by atoms with Crippen molar-refractivity contribution in [2.75, 3.05) is 0 Å². The van der Waals surface area contributed by atoms with Crippen LogP contribution in [-0.2, 0) is 4.79 Å². The predicted molar refractivity (Wildman–Crippen MR) is 78.3 cm³/mol. The Hall–Kier alpha value is -3.02. The monoisotopic (exact) mass is 281 g/mol. The molecule has 1 unspecified atom stereocenters. The highest BCUT2D eigenvalue weighted by Crippen LogP contribution is 2.25. The fourth-order valence-electron chi connectivity index (χ4n) is 2.20. The molecule has 0 radical (unpaired) electrons. The van der Waals surface area contributed by atoms with E-state index in [2.05, 4.69) is 15.0 Å². The predicted octanol–water partition coefficient (Wildman–Crippen LogP) is 0.841. The minimum Gasteiger partial charge on any atom is -0.329 e. The molecule has 6 nitrogen and oxygen atoms in total. The Kier molecular flexibility index (Phi) is 3.19. The van der Waals surface area contributed by atoms with E-state index in [1.165, 1.54) is 30.7 Å². The van der Waals surface area contributed by atoms with Gasteiger partial charge in [0, 0.05) is 30.7 Å². The molecule has 0 saturated carbocycles. The number of nitrogens with one attached hydrogen (secondary N) is 2. The number of H-pyrrole nitrogens is 2. The Balaban J connectivity index is 2.01. The molecule has 2 aromatic heterocycles. The number of aliphatic imine (C=N–C) groups is 1. The number of aromatic nitrogens is 2. The standard InChI is InChI=1S/C15H11N3O3/c19-13-3-1-2-12(18-13)11-8-16-7-10(15(11)21)9-4-5-17-14(20)6-9/h1-8,10H,(H,17,20)(H,18,19). The SMILES string of the molecule is O=C1C(c2cccc(=O)[nH]2)=CN=CC1c1cc[nH]c(=O)c1. The van der Waals surface area contributed by atoms with E-state index in [0.717, 1.165) is 0 Å². The van der Waals surface area contributed by atoms with Crippen LogP contribution in [0.3, 0.4) is 0 Å². The Labute approximate surface area is 118 Å². The summed E-state index contributed by atoms with van der Waals surface area (Å²) in [5.74, 6) is -0.839. The van der Waals surface area contributed by atoms with Gasteiger partial charge in [-0.15, -0.1) is 0 Å². The largest absolute Gasteiger partial charge is 0.329 e. The van der Waals surface area contributed by atoms with Gasteiger partial charge in [-0.1, -0.05) is 6.07 Å². The second-order valence-electron chi connectivity index (χ2n) is 4.60. The highest BCUT2D eigenvalue weighted by molar-refractivity contribution is 6.28. The fourth-order valence-corrected chi connectivity index (χ4v) is 2.20. The van der Waals surface area contributed by atoms with Crippen molar-refractivity contribution in [2.24, 2.45) is 4.99 Å². The van der Waals surface area contributed by atoms with E-state index >= 15 is 0 Å². The van der Waals surface area contributed by atoms with Gasteiger partial charge < -0.3 is 9.97 Å². The van der Waals surface area contributed by atoms with Crippen molar-refractivity contribution >= 4 is 17.6 Å². The van der Waals surface area contributed by atoms with E-state index in [1.54, 1.807) is 18.2 Å². The Morgan fingerprint density at radius 3 is 2.67 bits per heavy atom. The van der Waals surface area contributed by atoms with E-state index < -0.39 is 5.92 Å². The number of allylic oxidation sites excluding steroid dienone is 1. The topological polar surface area (TPSA) is 95.2 Å².